The van der Waals surface area contributed by atoms with Crippen LogP contribution in [0.5, 0.6) is 0 Å². The van der Waals surface area contributed by atoms with Crippen LogP contribution in [0.15, 0.2) is 33.3 Å². The van der Waals surface area contributed by atoms with E-state index in [1.54, 1.807) is 6.20 Å². The Morgan fingerprint density at radius 3 is 2.94 bits per heavy atom. The van der Waals surface area contributed by atoms with Gasteiger partial charge in [-0.15, -0.1) is 0 Å². The first-order chi connectivity index (χ1) is 8.20. The molecule has 3 nitrogen and oxygen atoms in total. The number of hydrogen-bond acceptors (Lipinski definition) is 3. The molecule has 0 aliphatic rings. The van der Waals surface area contributed by atoms with Gasteiger partial charge in [0, 0.05) is 16.5 Å². The Morgan fingerprint density at radius 1 is 1.41 bits per heavy atom. The van der Waals surface area contributed by atoms with Gasteiger partial charge in [0.1, 0.15) is 0 Å². The molecular weight excluding hydrogens is 280 g/mol. The quantitative estimate of drug-likeness (QED) is 0.941. The first kappa shape index (κ1) is 12.3. The topological polar surface area (TPSA) is 52.0 Å². The van der Waals surface area contributed by atoms with Crippen molar-refractivity contribution < 1.29 is 4.42 Å². The highest BCUT2D eigenvalue weighted by molar-refractivity contribution is 9.10. The number of nitrogens with zero attached hydrogens (tertiary/aromatic N) is 1. The van der Waals surface area contributed by atoms with E-state index in [-0.39, 0.29) is 0 Å². The van der Waals surface area contributed by atoms with Crippen LogP contribution in [0.4, 0.5) is 0 Å². The van der Waals surface area contributed by atoms with Crippen molar-refractivity contribution in [2.24, 2.45) is 5.73 Å². The van der Waals surface area contributed by atoms with Gasteiger partial charge in [0.05, 0.1) is 6.20 Å². The average molecular weight is 295 g/mol. The van der Waals surface area contributed by atoms with Crippen molar-refractivity contribution in [3.05, 3.63) is 40.3 Å². The third-order valence-corrected chi connectivity index (χ3v) is 3.48. The summed E-state index contributed by atoms with van der Waals surface area (Å²) in [6, 6.07) is 6.12. The van der Waals surface area contributed by atoms with Crippen LogP contribution in [0.2, 0.25) is 0 Å². The van der Waals surface area contributed by atoms with Gasteiger partial charge in [-0.1, -0.05) is 22.0 Å². The van der Waals surface area contributed by atoms with Gasteiger partial charge in [0.15, 0.2) is 11.7 Å². The maximum absolute atomic E-state index is 5.68. The lowest BCUT2D eigenvalue weighted by Gasteiger charge is -2.00. The second-order valence-corrected chi connectivity index (χ2v) is 4.83. The SMILES string of the molecule is Cc1cc(-c2cnc(CCCN)o2)ccc1Br. The lowest BCUT2D eigenvalue weighted by atomic mass is 10.1. The van der Waals surface area contributed by atoms with Crippen molar-refractivity contribution in [2.45, 2.75) is 19.8 Å². The van der Waals surface area contributed by atoms with Crippen LogP contribution in [0, 0.1) is 6.92 Å². The molecule has 1 heterocycles. The van der Waals surface area contributed by atoms with Gasteiger partial charge < -0.3 is 10.2 Å². The molecule has 0 saturated carbocycles. The molecule has 2 rings (SSSR count). The third kappa shape index (κ3) is 2.96. The first-order valence-corrected chi connectivity index (χ1v) is 6.41. The molecular formula is C13H15BrN2O. The number of benzene rings is 1. The average Bonchev–Trinajstić information content (AvgIpc) is 2.79. The van der Waals surface area contributed by atoms with E-state index in [2.05, 4.69) is 33.9 Å². The van der Waals surface area contributed by atoms with Gasteiger partial charge in [0.25, 0.3) is 0 Å². The molecule has 1 aromatic heterocycles. The molecule has 0 radical (unpaired) electrons. The summed E-state index contributed by atoms with van der Waals surface area (Å²) in [5, 5.41) is 0. The van der Waals surface area contributed by atoms with E-state index >= 15 is 0 Å². The molecule has 0 aliphatic carbocycles. The van der Waals surface area contributed by atoms with E-state index in [9.17, 15) is 0 Å². The summed E-state index contributed by atoms with van der Waals surface area (Å²) < 4.78 is 6.79. The number of nitrogens with two attached hydrogens (primary N) is 1. The van der Waals surface area contributed by atoms with E-state index in [1.165, 1.54) is 5.56 Å². The van der Waals surface area contributed by atoms with Crippen LogP contribution >= 0.6 is 15.9 Å². The minimum absolute atomic E-state index is 0.662. The minimum Gasteiger partial charge on any atom is -0.441 e. The highest BCUT2D eigenvalue weighted by atomic mass is 79.9. The van der Waals surface area contributed by atoms with Crippen molar-refractivity contribution in [2.75, 3.05) is 6.54 Å². The van der Waals surface area contributed by atoms with Gasteiger partial charge in [0.2, 0.25) is 0 Å². The normalized spacial score (nSPS) is 10.8. The fourth-order valence-corrected chi connectivity index (χ4v) is 1.86. The zero-order valence-electron chi connectivity index (χ0n) is 9.74. The standard InChI is InChI=1S/C13H15BrN2O/c1-9-7-10(4-5-11(9)14)12-8-16-13(17-12)3-2-6-15/h4-5,7-8H,2-3,6,15H2,1H3. The summed E-state index contributed by atoms with van der Waals surface area (Å²) in [5.74, 6) is 1.57. The van der Waals surface area contributed by atoms with Crippen LogP contribution in [-0.2, 0) is 6.42 Å². The monoisotopic (exact) mass is 294 g/mol. The van der Waals surface area contributed by atoms with Crippen molar-refractivity contribution in [1.29, 1.82) is 0 Å². The highest BCUT2D eigenvalue weighted by Gasteiger charge is 2.07. The Labute approximate surface area is 109 Å². The molecule has 2 aromatic rings. The Morgan fingerprint density at radius 2 is 2.24 bits per heavy atom. The molecule has 0 bridgehead atoms. The molecule has 17 heavy (non-hydrogen) atoms. The predicted molar refractivity (Wildman–Crippen MR) is 71.8 cm³/mol. The summed E-state index contributed by atoms with van der Waals surface area (Å²) in [7, 11) is 0. The number of rotatable bonds is 4. The number of aryl methyl sites for hydroxylation is 2. The lowest BCUT2D eigenvalue weighted by molar-refractivity contribution is 0.499. The number of hydrogen-bond donors (Lipinski definition) is 1. The summed E-state index contributed by atoms with van der Waals surface area (Å²) in [6.07, 6.45) is 3.47. The van der Waals surface area contributed by atoms with E-state index < -0.39 is 0 Å². The van der Waals surface area contributed by atoms with E-state index in [0.717, 1.165) is 34.5 Å². The Bertz CT molecular complexity index is 508. The lowest BCUT2D eigenvalue weighted by Crippen LogP contribution is -2.00. The van der Waals surface area contributed by atoms with Crippen molar-refractivity contribution in [3.63, 3.8) is 0 Å². The molecule has 2 N–H and O–H groups in total. The van der Waals surface area contributed by atoms with Gasteiger partial charge in [-0.05, 0) is 37.6 Å². The fraction of sp³-hybridized carbons (Fsp3) is 0.308. The molecule has 0 saturated heterocycles. The number of aromatic nitrogens is 1. The van der Waals surface area contributed by atoms with Crippen LogP contribution in [0.1, 0.15) is 17.9 Å². The molecule has 4 heteroatoms. The molecule has 0 spiro atoms. The van der Waals surface area contributed by atoms with Crippen molar-refractivity contribution in [1.82, 2.24) is 4.98 Å². The van der Waals surface area contributed by atoms with Gasteiger partial charge >= 0.3 is 0 Å². The Hall–Kier alpha value is -1.13. The molecule has 0 atom stereocenters. The molecule has 0 amide bonds. The van der Waals surface area contributed by atoms with Gasteiger partial charge in [-0.3, -0.25) is 0 Å². The summed E-state index contributed by atoms with van der Waals surface area (Å²) in [5.41, 5.74) is 7.69. The van der Waals surface area contributed by atoms with Crippen LogP contribution in [0.3, 0.4) is 0 Å². The fourth-order valence-electron chi connectivity index (χ4n) is 1.61. The number of halogens is 1. The van der Waals surface area contributed by atoms with Crippen LogP contribution in [0.25, 0.3) is 11.3 Å². The van der Waals surface area contributed by atoms with E-state index in [1.807, 2.05) is 12.1 Å². The van der Waals surface area contributed by atoms with Gasteiger partial charge in [-0.25, -0.2) is 4.98 Å². The molecule has 90 valence electrons. The Kier molecular flexibility index (Phi) is 3.97. The maximum atomic E-state index is 5.68. The van der Waals surface area contributed by atoms with Gasteiger partial charge in [-0.2, -0.15) is 0 Å². The zero-order valence-corrected chi connectivity index (χ0v) is 11.3. The second kappa shape index (κ2) is 5.47. The van der Waals surface area contributed by atoms with E-state index in [0.29, 0.717) is 6.54 Å². The first-order valence-electron chi connectivity index (χ1n) is 5.62. The molecule has 0 unspecified atom stereocenters. The molecule has 0 fully saturated rings. The zero-order chi connectivity index (χ0) is 12.3. The Balaban J connectivity index is 2.21. The van der Waals surface area contributed by atoms with Crippen LogP contribution < -0.4 is 5.73 Å². The predicted octanol–water partition coefficient (Wildman–Crippen LogP) is 3.30. The summed E-state index contributed by atoms with van der Waals surface area (Å²) in [4.78, 5) is 4.25. The summed E-state index contributed by atoms with van der Waals surface area (Å²) in [6.45, 7) is 2.72. The third-order valence-electron chi connectivity index (χ3n) is 2.59. The van der Waals surface area contributed by atoms with Crippen molar-refractivity contribution >= 4 is 15.9 Å². The maximum Gasteiger partial charge on any atom is 0.194 e. The minimum atomic E-state index is 0.662. The largest absolute Gasteiger partial charge is 0.441 e. The second-order valence-electron chi connectivity index (χ2n) is 3.97. The highest BCUT2D eigenvalue weighted by Crippen LogP contribution is 2.25. The molecule has 0 aliphatic heterocycles. The summed E-state index contributed by atoms with van der Waals surface area (Å²) >= 11 is 3.48. The molecule has 1 aromatic carbocycles. The van der Waals surface area contributed by atoms with Crippen LogP contribution in [-0.4, -0.2) is 11.5 Å². The van der Waals surface area contributed by atoms with Crippen molar-refractivity contribution in [3.8, 4) is 11.3 Å². The number of oxazole rings is 1. The van der Waals surface area contributed by atoms with E-state index in [4.69, 9.17) is 10.2 Å². The smallest absolute Gasteiger partial charge is 0.194 e.